The van der Waals surface area contributed by atoms with Crippen LogP contribution in [-0.2, 0) is 9.47 Å². The standard InChI is InChI=1S/C19H30N4O2/c1-2-4-16(3-1)21-18-5-8-20-19(22-18)17-14-25-12-9-23(17)13-15-6-10-24-11-7-15/h5,8,15-17H,1-4,6-7,9-14H2,(H,20,21,22). The topological polar surface area (TPSA) is 59.5 Å². The summed E-state index contributed by atoms with van der Waals surface area (Å²) in [5, 5.41) is 3.59. The number of nitrogens with one attached hydrogen (secondary N) is 1. The molecule has 3 heterocycles. The molecule has 1 atom stereocenters. The van der Waals surface area contributed by atoms with Gasteiger partial charge in [-0.1, -0.05) is 12.8 Å². The first kappa shape index (κ1) is 17.2. The fraction of sp³-hybridized carbons (Fsp3) is 0.789. The largest absolute Gasteiger partial charge is 0.381 e. The molecule has 3 aliphatic rings. The Hall–Kier alpha value is -1.24. The highest BCUT2D eigenvalue weighted by Gasteiger charge is 2.29. The third-order valence-corrected chi connectivity index (χ3v) is 5.75. The van der Waals surface area contributed by atoms with Crippen LogP contribution in [0.5, 0.6) is 0 Å². The first-order valence-electron chi connectivity index (χ1n) is 9.87. The minimum absolute atomic E-state index is 0.168. The number of ether oxygens (including phenoxy) is 2. The summed E-state index contributed by atoms with van der Waals surface area (Å²) in [6.07, 6.45) is 9.36. The van der Waals surface area contributed by atoms with Crippen LogP contribution in [0, 0.1) is 5.92 Å². The molecule has 1 aromatic heterocycles. The second-order valence-corrected chi connectivity index (χ2v) is 7.57. The van der Waals surface area contributed by atoms with Crippen molar-refractivity contribution in [1.82, 2.24) is 14.9 Å². The summed E-state index contributed by atoms with van der Waals surface area (Å²) in [5.41, 5.74) is 0. The van der Waals surface area contributed by atoms with E-state index in [0.29, 0.717) is 18.6 Å². The van der Waals surface area contributed by atoms with E-state index in [4.69, 9.17) is 14.5 Å². The van der Waals surface area contributed by atoms with E-state index >= 15 is 0 Å². The fourth-order valence-electron chi connectivity index (χ4n) is 4.25. The Balaban J connectivity index is 1.43. The smallest absolute Gasteiger partial charge is 0.150 e. The summed E-state index contributed by atoms with van der Waals surface area (Å²) in [5.74, 6) is 2.58. The van der Waals surface area contributed by atoms with Crippen LogP contribution in [-0.4, -0.2) is 60.4 Å². The molecule has 3 fully saturated rings. The van der Waals surface area contributed by atoms with Gasteiger partial charge in [0.15, 0.2) is 0 Å². The van der Waals surface area contributed by atoms with E-state index in [2.05, 4.69) is 15.2 Å². The summed E-state index contributed by atoms with van der Waals surface area (Å²) in [4.78, 5) is 11.9. The molecule has 6 heteroatoms. The maximum atomic E-state index is 5.76. The van der Waals surface area contributed by atoms with Gasteiger partial charge < -0.3 is 14.8 Å². The molecule has 4 rings (SSSR count). The predicted octanol–water partition coefficient (Wildman–Crippen LogP) is 2.63. The Morgan fingerprint density at radius 3 is 2.76 bits per heavy atom. The molecule has 0 bridgehead atoms. The number of anilines is 1. The molecule has 0 radical (unpaired) electrons. The van der Waals surface area contributed by atoms with Gasteiger partial charge in [0.2, 0.25) is 0 Å². The zero-order chi connectivity index (χ0) is 16.9. The van der Waals surface area contributed by atoms with Crippen LogP contribution < -0.4 is 5.32 Å². The normalized spacial score (nSPS) is 26.8. The second-order valence-electron chi connectivity index (χ2n) is 7.57. The van der Waals surface area contributed by atoms with Crippen molar-refractivity contribution < 1.29 is 9.47 Å². The molecule has 25 heavy (non-hydrogen) atoms. The molecule has 1 aliphatic carbocycles. The van der Waals surface area contributed by atoms with Crippen molar-refractivity contribution in [3.8, 4) is 0 Å². The fourth-order valence-corrected chi connectivity index (χ4v) is 4.25. The molecular formula is C19H30N4O2. The van der Waals surface area contributed by atoms with E-state index in [0.717, 1.165) is 57.4 Å². The average molecular weight is 346 g/mol. The second kappa shape index (κ2) is 8.43. The van der Waals surface area contributed by atoms with Gasteiger partial charge >= 0.3 is 0 Å². The van der Waals surface area contributed by atoms with Crippen LogP contribution in [0.2, 0.25) is 0 Å². The number of rotatable bonds is 5. The highest BCUT2D eigenvalue weighted by atomic mass is 16.5. The number of morpholine rings is 1. The first-order valence-corrected chi connectivity index (χ1v) is 9.87. The predicted molar refractivity (Wildman–Crippen MR) is 96.6 cm³/mol. The summed E-state index contributed by atoms with van der Waals surface area (Å²) in [6.45, 7) is 5.36. The molecule has 1 aromatic rings. The van der Waals surface area contributed by atoms with Gasteiger partial charge in [-0.2, -0.15) is 0 Å². The Labute approximate surface area is 150 Å². The van der Waals surface area contributed by atoms with Gasteiger partial charge in [0.1, 0.15) is 11.6 Å². The van der Waals surface area contributed by atoms with Crippen molar-refractivity contribution in [3.05, 3.63) is 18.1 Å². The Morgan fingerprint density at radius 2 is 1.92 bits per heavy atom. The zero-order valence-corrected chi connectivity index (χ0v) is 15.0. The highest BCUT2D eigenvalue weighted by molar-refractivity contribution is 5.35. The van der Waals surface area contributed by atoms with Crippen LogP contribution in [0.3, 0.4) is 0 Å². The molecule has 0 amide bonds. The molecular weight excluding hydrogens is 316 g/mol. The maximum absolute atomic E-state index is 5.76. The maximum Gasteiger partial charge on any atom is 0.150 e. The van der Waals surface area contributed by atoms with Crippen molar-refractivity contribution >= 4 is 5.82 Å². The summed E-state index contributed by atoms with van der Waals surface area (Å²) in [7, 11) is 0. The lowest BCUT2D eigenvalue weighted by Crippen LogP contribution is -2.43. The molecule has 2 saturated heterocycles. The highest BCUT2D eigenvalue weighted by Crippen LogP contribution is 2.27. The monoisotopic (exact) mass is 346 g/mol. The average Bonchev–Trinajstić information content (AvgIpc) is 3.16. The van der Waals surface area contributed by atoms with Crippen molar-refractivity contribution in [3.63, 3.8) is 0 Å². The molecule has 0 spiro atoms. The van der Waals surface area contributed by atoms with Crippen molar-refractivity contribution in [2.45, 2.75) is 50.6 Å². The van der Waals surface area contributed by atoms with Gasteiger partial charge in [0.25, 0.3) is 0 Å². The minimum atomic E-state index is 0.168. The van der Waals surface area contributed by atoms with Crippen LogP contribution >= 0.6 is 0 Å². The van der Waals surface area contributed by atoms with E-state index in [1.807, 2.05) is 12.3 Å². The number of nitrogens with zero attached hydrogens (tertiary/aromatic N) is 3. The van der Waals surface area contributed by atoms with Gasteiger partial charge in [-0.15, -0.1) is 0 Å². The van der Waals surface area contributed by atoms with Crippen LogP contribution in [0.15, 0.2) is 12.3 Å². The zero-order valence-electron chi connectivity index (χ0n) is 15.0. The Bertz CT molecular complexity index is 544. The minimum Gasteiger partial charge on any atom is -0.381 e. The summed E-state index contributed by atoms with van der Waals surface area (Å²) in [6, 6.07) is 2.74. The van der Waals surface area contributed by atoms with Crippen molar-refractivity contribution in [2.24, 2.45) is 5.92 Å². The lowest BCUT2D eigenvalue weighted by Gasteiger charge is -2.37. The van der Waals surface area contributed by atoms with Crippen LogP contribution in [0.1, 0.15) is 50.4 Å². The quantitative estimate of drug-likeness (QED) is 0.884. The third kappa shape index (κ3) is 4.49. The van der Waals surface area contributed by atoms with Gasteiger partial charge in [-0.3, -0.25) is 4.90 Å². The molecule has 1 N–H and O–H groups in total. The lowest BCUT2D eigenvalue weighted by molar-refractivity contribution is -0.0295. The summed E-state index contributed by atoms with van der Waals surface area (Å²) < 4.78 is 11.3. The lowest BCUT2D eigenvalue weighted by atomic mass is 9.98. The van der Waals surface area contributed by atoms with E-state index < -0.39 is 0 Å². The van der Waals surface area contributed by atoms with Crippen molar-refractivity contribution in [1.29, 1.82) is 0 Å². The van der Waals surface area contributed by atoms with Gasteiger partial charge in [0, 0.05) is 38.5 Å². The molecule has 0 aromatic carbocycles. The van der Waals surface area contributed by atoms with Gasteiger partial charge in [-0.25, -0.2) is 9.97 Å². The molecule has 1 saturated carbocycles. The Morgan fingerprint density at radius 1 is 1.08 bits per heavy atom. The van der Waals surface area contributed by atoms with Gasteiger partial charge in [0.05, 0.1) is 19.3 Å². The van der Waals surface area contributed by atoms with E-state index in [9.17, 15) is 0 Å². The van der Waals surface area contributed by atoms with E-state index in [1.165, 1.54) is 25.7 Å². The van der Waals surface area contributed by atoms with Crippen molar-refractivity contribution in [2.75, 3.05) is 44.8 Å². The molecule has 1 unspecified atom stereocenters. The third-order valence-electron chi connectivity index (χ3n) is 5.75. The first-order chi connectivity index (χ1) is 12.4. The van der Waals surface area contributed by atoms with E-state index in [-0.39, 0.29) is 6.04 Å². The number of hydrogen-bond acceptors (Lipinski definition) is 6. The van der Waals surface area contributed by atoms with Gasteiger partial charge in [-0.05, 0) is 37.7 Å². The SMILES string of the molecule is c1cc(NC2CCCC2)nc(C2COCCN2CC2CCOCC2)n1. The van der Waals surface area contributed by atoms with Crippen LogP contribution in [0.4, 0.5) is 5.82 Å². The Kier molecular flexibility index (Phi) is 5.79. The van der Waals surface area contributed by atoms with E-state index in [1.54, 1.807) is 0 Å². The van der Waals surface area contributed by atoms with Crippen LogP contribution in [0.25, 0.3) is 0 Å². The molecule has 138 valence electrons. The summed E-state index contributed by atoms with van der Waals surface area (Å²) >= 11 is 0. The number of hydrogen-bond donors (Lipinski definition) is 1. The number of aromatic nitrogens is 2. The molecule has 6 nitrogen and oxygen atoms in total. The molecule has 2 aliphatic heterocycles.